The number of hydrogen-bond acceptors (Lipinski definition) is 4. The van der Waals surface area contributed by atoms with Crippen LogP contribution in [0.1, 0.15) is 34.3 Å². The maximum Gasteiger partial charge on any atom is 0.291 e. The van der Waals surface area contributed by atoms with Crippen LogP contribution in [0.2, 0.25) is 0 Å². The fourth-order valence-corrected chi connectivity index (χ4v) is 1.77. The molecule has 1 amide bonds. The van der Waals surface area contributed by atoms with Gasteiger partial charge in [-0.15, -0.1) is 0 Å². The van der Waals surface area contributed by atoms with Crippen LogP contribution < -0.4 is 10.1 Å². The van der Waals surface area contributed by atoms with E-state index >= 15 is 0 Å². The molecule has 20 heavy (non-hydrogen) atoms. The Morgan fingerprint density at radius 2 is 2.10 bits per heavy atom. The third-order valence-electron chi connectivity index (χ3n) is 2.84. The quantitative estimate of drug-likeness (QED) is 0.850. The van der Waals surface area contributed by atoms with E-state index in [1.807, 2.05) is 0 Å². The zero-order chi connectivity index (χ0) is 14.5. The van der Waals surface area contributed by atoms with Crippen LogP contribution in [0.5, 0.6) is 5.75 Å². The number of ketones is 1. The van der Waals surface area contributed by atoms with Crippen molar-refractivity contribution in [3.63, 3.8) is 0 Å². The predicted molar refractivity (Wildman–Crippen MR) is 74.3 cm³/mol. The smallest absolute Gasteiger partial charge is 0.291 e. The number of methoxy groups -OCH3 is 1. The van der Waals surface area contributed by atoms with Crippen LogP contribution in [0.3, 0.4) is 0 Å². The minimum atomic E-state index is -0.394. The lowest BCUT2D eigenvalue weighted by atomic mass is 10.1. The fourth-order valence-electron chi connectivity index (χ4n) is 1.77. The van der Waals surface area contributed by atoms with Crippen molar-refractivity contribution in [2.45, 2.75) is 13.3 Å². The first-order valence-electron chi connectivity index (χ1n) is 6.21. The number of hydrogen-bond donors (Lipinski definition) is 1. The van der Waals surface area contributed by atoms with Gasteiger partial charge in [0.15, 0.2) is 11.5 Å². The van der Waals surface area contributed by atoms with E-state index in [4.69, 9.17) is 9.15 Å². The first-order valence-corrected chi connectivity index (χ1v) is 6.21. The fraction of sp³-hybridized carbons (Fsp3) is 0.200. The minimum Gasteiger partial charge on any atom is -0.495 e. The summed E-state index contributed by atoms with van der Waals surface area (Å²) in [7, 11) is 1.50. The standard InChI is InChI=1S/C15H15NO4/c1-3-12(17)10-6-7-13(19-2)11(9-10)16-15(18)14-5-4-8-20-14/h4-9H,3H2,1-2H3,(H,16,18). The monoisotopic (exact) mass is 273 g/mol. The molecule has 0 fully saturated rings. The second kappa shape index (κ2) is 6.06. The van der Waals surface area contributed by atoms with Gasteiger partial charge in [0.05, 0.1) is 19.1 Å². The molecular formula is C15H15NO4. The van der Waals surface area contributed by atoms with Crippen LogP contribution in [-0.2, 0) is 0 Å². The molecule has 5 heteroatoms. The third kappa shape index (κ3) is 2.88. The molecule has 5 nitrogen and oxygen atoms in total. The maximum atomic E-state index is 11.9. The van der Waals surface area contributed by atoms with Crippen LogP contribution in [0.15, 0.2) is 41.0 Å². The summed E-state index contributed by atoms with van der Waals surface area (Å²) >= 11 is 0. The summed E-state index contributed by atoms with van der Waals surface area (Å²) in [6.45, 7) is 1.79. The lowest BCUT2D eigenvalue weighted by molar-refractivity contribution is 0.0981. The Labute approximate surface area is 116 Å². The van der Waals surface area contributed by atoms with Crippen molar-refractivity contribution in [3.05, 3.63) is 47.9 Å². The van der Waals surface area contributed by atoms with Gasteiger partial charge in [-0.3, -0.25) is 9.59 Å². The molecule has 0 radical (unpaired) electrons. The molecule has 1 aromatic carbocycles. The average Bonchev–Trinajstić information content (AvgIpc) is 3.00. The van der Waals surface area contributed by atoms with Crippen LogP contribution >= 0.6 is 0 Å². The SMILES string of the molecule is CCC(=O)c1ccc(OC)c(NC(=O)c2ccco2)c1. The number of amides is 1. The highest BCUT2D eigenvalue weighted by Gasteiger charge is 2.14. The molecule has 2 rings (SSSR count). The summed E-state index contributed by atoms with van der Waals surface area (Å²) in [5.74, 6) is 0.285. The lowest BCUT2D eigenvalue weighted by Gasteiger charge is -2.10. The van der Waals surface area contributed by atoms with Crippen molar-refractivity contribution < 1.29 is 18.7 Å². The molecule has 1 N–H and O–H groups in total. The van der Waals surface area contributed by atoms with Gasteiger partial charge in [0.1, 0.15) is 5.75 Å². The molecule has 0 saturated heterocycles. The minimum absolute atomic E-state index is 0.00107. The van der Waals surface area contributed by atoms with Crippen molar-refractivity contribution in [2.24, 2.45) is 0 Å². The molecule has 1 aromatic heterocycles. The third-order valence-corrected chi connectivity index (χ3v) is 2.84. The Hall–Kier alpha value is -2.56. The van der Waals surface area contributed by atoms with Crippen molar-refractivity contribution in [1.29, 1.82) is 0 Å². The predicted octanol–water partition coefficient (Wildman–Crippen LogP) is 3.13. The molecule has 0 unspecified atom stereocenters. The van der Waals surface area contributed by atoms with Gasteiger partial charge in [0.25, 0.3) is 5.91 Å². The molecular weight excluding hydrogens is 258 g/mol. The van der Waals surface area contributed by atoms with E-state index in [9.17, 15) is 9.59 Å². The van der Waals surface area contributed by atoms with Gasteiger partial charge < -0.3 is 14.5 Å². The largest absolute Gasteiger partial charge is 0.495 e. The van der Waals surface area contributed by atoms with Gasteiger partial charge in [-0.1, -0.05) is 6.92 Å². The van der Waals surface area contributed by atoms with Crippen LogP contribution in [0, 0.1) is 0 Å². The summed E-state index contributed by atoms with van der Waals surface area (Å²) in [5, 5.41) is 2.67. The summed E-state index contributed by atoms with van der Waals surface area (Å²) in [6, 6.07) is 8.12. The van der Waals surface area contributed by atoms with Crippen molar-refractivity contribution in [1.82, 2.24) is 0 Å². The van der Waals surface area contributed by atoms with Gasteiger partial charge in [0, 0.05) is 12.0 Å². The number of carbonyl (C=O) groups excluding carboxylic acids is 2. The number of furan rings is 1. The summed E-state index contributed by atoms with van der Waals surface area (Å²) in [4.78, 5) is 23.7. The number of ether oxygens (including phenoxy) is 1. The van der Waals surface area contributed by atoms with Gasteiger partial charge in [0.2, 0.25) is 0 Å². The van der Waals surface area contributed by atoms with Crippen molar-refractivity contribution >= 4 is 17.4 Å². The normalized spacial score (nSPS) is 10.1. The van der Waals surface area contributed by atoms with E-state index < -0.39 is 5.91 Å². The Balaban J connectivity index is 2.29. The number of rotatable bonds is 5. The highest BCUT2D eigenvalue weighted by atomic mass is 16.5. The topological polar surface area (TPSA) is 68.5 Å². The van der Waals surface area contributed by atoms with Gasteiger partial charge in [-0.05, 0) is 30.3 Å². The van der Waals surface area contributed by atoms with E-state index in [0.29, 0.717) is 23.4 Å². The number of benzene rings is 1. The van der Waals surface area contributed by atoms with E-state index in [-0.39, 0.29) is 11.5 Å². The molecule has 1 heterocycles. The number of anilines is 1. The van der Waals surface area contributed by atoms with Crippen LogP contribution in [0.4, 0.5) is 5.69 Å². The molecule has 0 bridgehead atoms. The number of Topliss-reactive ketones (excluding diaryl/α,β-unsaturated/α-hetero) is 1. The maximum absolute atomic E-state index is 11.9. The molecule has 104 valence electrons. The molecule has 0 spiro atoms. The van der Waals surface area contributed by atoms with Crippen molar-refractivity contribution in [2.75, 3.05) is 12.4 Å². The van der Waals surface area contributed by atoms with E-state index in [0.717, 1.165) is 0 Å². The Bertz CT molecular complexity index is 617. The van der Waals surface area contributed by atoms with Gasteiger partial charge >= 0.3 is 0 Å². The van der Waals surface area contributed by atoms with Gasteiger partial charge in [-0.25, -0.2) is 0 Å². The van der Waals surface area contributed by atoms with Crippen LogP contribution in [0.25, 0.3) is 0 Å². The van der Waals surface area contributed by atoms with E-state index in [1.165, 1.54) is 13.4 Å². The van der Waals surface area contributed by atoms with Gasteiger partial charge in [-0.2, -0.15) is 0 Å². The Kier molecular flexibility index (Phi) is 4.20. The summed E-state index contributed by atoms with van der Waals surface area (Å²) in [5.41, 5.74) is 0.969. The average molecular weight is 273 g/mol. The second-order valence-corrected chi connectivity index (χ2v) is 4.12. The summed E-state index contributed by atoms with van der Waals surface area (Å²) < 4.78 is 10.2. The molecule has 0 aliphatic carbocycles. The Morgan fingerprint density at radius 1 is 1.30 bits per heavy atom. The molecule has 0 atom stereocenters. The van der Waals surface area contributed by atoms with E-state index in [2.05, 4.69) is 5.32 Å². The highest BCUT2D eigenvalue weighted by molar-refractivity contribution is 6.04. The molecule has 0 saturated carbocycles. The Morgan fingerprint density at radius 3 is 2.70 bits per heavy atom. The second-order valence-electron chi connectivity index (χ2n) is 4.12. The van der Waals surface area contributed by atoms with E-state index in [1.54, 1.807) is 37.3 Å². The first-order chi connectivity index (χ1) is 9.65. The first kappa shape index (κ1) is 13.9. The molecule has 2 aromatic rings. The van der Waals surface area contributed by atoms with Crippen molar-refractivity contribution in [3.8, 4) is 5.75 Å². The number of nitrogens with one attached hydrogen (secondary N) is 1. The molecule has 0 aliphatic rings. The zero-order valence-electron chi connectivity index (χ0n) is 11.3. The number of carbonyl (C=O) groups is 2. The lowest BCUT2D eigenvalue weighted by Crippen LogP contribution is -2.12. The highest BCUT2D eigenvalue weighted by Crippen LogP contribution is 2.26. The summed E-state index contributed by atoms with van der Waals surface area (Å²) in [6.07, 6.45) is 1.82. The van der Waals surface area contributed by atoms with Crippen LogP contribution in [-0.4, -0.2) is 18.8 Å². The molecule has 0 aliphatic heterocycles. The zero-order valence-corrected chi connectivity index (χ0v) is 11.3.